The van der Waals surface area contributed by atoms with Crippen molar-refractivity contribution >= 4 is 42.0 Å². The van der Waals surface area contributed by atoms with Crippen LogP contribution in [-0.2, 0) is 27.7 Å². The Kier molecular flexibility index (Phi) is 7.86. The van der Waals surface area contributed by atoms with Crippen LogP contribution >= 0.6 is 7.82 Å². The van der Waals surface area contributed by atoms with Gasteiger partial charge in [-0.1, -0.05) is 51.5 Å². The number of phosphoric ester groups is 1. The Bertz CT molecular complexity index is 1630. The van der Waals surface area contributed by atoms with E-state index in [9.17, 15) is 24.3 Å². The number of nitrogens with zero attached hydrogens (tertiary/aromatic N) is 3. The molecule has 11 nitrogen and oxygen atoms in total. The number of phosphoric acid groups is 1. The highest BCUT2D eigenvalue weighted by molar-refractivity contribution is 7.46. The summed E-state index contributed by atoms with van der Waals surface area (Å²) in [6.45, 7) is 10.2. The largest absolute Gasteiger partial charge is 0.524 e. The zero-order valence-corrected chi connectivity index (χ0v) is 24.2. The molecular formula is C28H36N5O6P. The second-order valence-corrected chi connectivity index (χ2v) is 12.2. The first-order chi connectivity index (χ1) is 18.7. The van der Waals surface area contributed by atoms with Crippen LogP contribution in [0.4, 0.5) is 5.82 Å². The molecule has 6 N–H and O–H groups in total. The Morgan fingerprint density at radius 1 is 1.15 bits per heavy atom. The van der Waals surface area contributed by atoms with Gasteiger partial charge in [0.05, 0.1) is 17.6 Å². The minimum atomic E-state index is -4.94. The number of nitrogens with one attached hydrogen (secondary N) is 1. The van der Waals surface area contributed by atoms with Crippen molar-refractivity contribution in [1.29, 1.82) is 0 Å². The number of pyridine rings is 1. The molecule has 12 heteroatoms. The highest BCUT2D eigenvalue weighted by Gasteiger charge is 2.38. The van der Waals surface area contributed by atoms with Gasteiger partial charge in [-0.05, 0) is 38.0 Å². The van der Waals surface area contributed by atoms with Crippen LogP contribution in [0.25, 0.3) is 21.9 Å². The van der Waals surface area contributed by atoms with Crippen molar-refractivity contribution in [3.63, 3.8) is 0 Å². The lowest BCUT2D eigenvalue weighted by Crippen LogP contribution is -2.53. The number of phenols is 1. The van der Waals surface area contributed by atoms with E-state index in [1.807, 2.05) is 50.5 Å². The molecule has 4 aromatic rings. The number of phenolic OH excluding ortho intramolecular Hbond substituents is 1. The molecule has 2 aromatic carbocycles. The molecule has 0 fully saturated rings. The van der Waals surface area contributed by atoms with Crippen molar-refractivity contribution in [3.05, 3.63) is 53.3 Å². The quantitative estimate of drug-likeness (QED) is 0.128. The van der Waals surface area contributed by atoms with Crippen molar-refractivity contribution in [2.24, 2.45) is 0 Å². The Balaban J connectivity index is 1.95. The lowest BCUT2D eigenvalue weighted by Gasteiger charge is -2.41. The number of aromatic hydroxyl groups is 1. The first-order valence-corrected chi connectivity index (χ1v) is 14.6. The molecular weight excluding hydrogens is 533 g/mol. The zero-order chi connectivity index (χ0) is 29.5. The van der Waals surface area contributed by atoms with Crippen LogP contribution in [-0.4, -0.2) is 41.4 Å². The van der Waals surface area contributed by atoms with Gasteiger partial charge in [-0.25, -0.2) is 14.5 Å². The molecule has 4 rings (SSSR count). The van der Waals surface area contributed by atoms with Gasteiger partial charge in [-0.3, -0.25) is 14.6 Å². The number of hydrogen-bond donors (Lipinski definition) is 5. The molecule has 2 aromatic heterocycles. The number of hydrogen-bond acceptors (Lipinski definition) is 7. The average Bonchev–Trinajstić information content (AvgIpc) is 3.22. The summed E-state index contributed by atoms with van der Waals surface area (Å²) in [4.78, 5) is 39.7. The van der Waals surface area contributed by atoms with E-state index < -0.39 is 18.8 Å². The van der Waals surface area contributed by atoms with E-state index in [4.69, 9.17) is 15.2 Å². The number of fused-ring (bicyclic) bond motifs is 3. The van der Waals surface area contributed by atoms with E-state index in [1.54, 1.807) is 12.1 Å². The maximum Gasteiger partial charge on any atom is 0.524 e. The highest BCUT2D eigenvalue weighted by Crippen LogP contribution is 2.44. The van der Waals surface area contributed by atoms with Crippen molar-refractivity contribution in [2.45, 2.75) is 71.4 Å². The van der Waals surface area contributed by atoms with E-state index in [0.29, 0.717) is 34.9 Å². The monoisotopic (exact) mass is 569 g/mol. The van der Waals surface area contributed by atoms with Gasteiger partial charge < -0.3 is 25.2 Å². The van der Waals surface area contributed by atoms with Crippen molar-refractivity contribution in [1.82, 2.24) is 19.9 Å². The molecule has 0 aliphatic carbocycles. The number of carbonyl (C=O) groups is 1. The van der Waals surface area contributed by atoms with E-state index in [0.717, 1.165) is 29.6 Å². The van der Waals surface area contributed by atoms with Crippen LogP contribution in [0.5, 0.6) is 11.5 Å². The Morgan fingerprint density at radius 2 is 1.88 bits per heavy atom. The van der Waals surface area contributed by atoms with Crippen LogP contribution in [0.2, 0.25) is 0 Å². The molecule has 0 bridgehead atoms. The number of imidazole rings is 1. The third kappa shape index (κ3) is 5.50. The number of benzene rings is 2. The smallest absolute Gasteiger partial charge is 0.504 e. The topological polar surface area (TPSA) is 173 Å². The number of rotatable bonds is 11. The number of nitrogen functional groups attached to an aromatic ring is 1. The summed E-state index contributed by atoms with van der Waals surface area (Å²) in [6, 6.07) is 10.4. The van der Waals surface area contributed by atoms with Gasteiger partial charge in [-0.15, -0.1) is 0 Å². The van der Waals surface area contributed by atoms with Gasteiger partial charge in [0.2, 0.25) is 6.41 Å². The number of carbonyl (C=O) groups excluding carboxylic acids is 1. The minimum Gasteiger partial charge on any atom is -0.504 e. The third-order valence-corrected chi connectivity index (χ3v) is 8.28. The fourth-order valence-corrected chi connectivity index (χ4v) is 5.27. The number of nitrogens with two attached hydrogens (primary N) is 1. The lowest BCUT2D eigenvalue weighted by molar-refractivity contribution is -0.111. The van der Waals surface area contributed by atoms with Gasteiger partial charge in [0.25, 0.3) is 0 Å². The lowest BCUT2D eigenvalue weighted by atomic mass is 9.69. The molecule has 0 unspecified atom stereocenters. The standard InChI is InChI=1S/C28H36N5O6P/c1-6-7-11-22-32-23-24(33(22)15-17-9-8-10-21(35)25(17)39-40(36,37)38)19-13-12-18(14-20(19)31-26(23)29)27(2,3)28(4,5)30-16-34/h8-10,12-14,16,35H,6-7,11,15H2,1-5H3,(H2,29,31)(H,30,34)(H2,36,37,38). The Labute approximate surface area is 232 Å². The number of unbranched alkanes of at least 4 members (excludes halogenated alkanes) is 1. The van der Waals surface area contributed by atoms with E-state index in [-0.39, 0.29) is 23.9 Å². The zero-order valence-electron chi connectivity index (χ0n) is 23.3. The number of anilines is 1. The molecule has 0 radical (unpaired) electrons. The summed E-state index contributed by atoms with van der Waals surface area (Å²) in [5, 5.41) is 14.1. The minimum absolute atomic E-state index is 0.112. The van der Waals surface area contributed by atoms with Gasteiger partial charge >= 0.3 is 7.82 Å². The second-order valence-electron chi connectivity index (χ2n) is 11.0. The molecule has 0 saturated carbocycles. The fourth-order valence-electron chi connectivity index (χ4n) is 4.82. The van der Waals surface area contributed by atoms with Crippen LogP contribution in [0.1, 0.15) is 64.4 Å². The van der Waals surface area contributed by atoms with Crippen LogP contribution in [0, 0.1) is 0 Å². The van der Waals surface area contributed by atoms with Crippen LogP contribution < -0.4 is 15.6 Å². The molecule has 214 valence electrons. The molecule has 40 heavy (non-hydrogen) atoms. The fraction of sp³-hybridized carbons (Fsp3) is 0.393. The summed E-state index contributed by atoms with van der Waals surface area (Å²) in [5.74, 6) is 0.301. The summed E-state index contributed by atoms with van der Waals surface area (Å²) in [7, 11) is -4.94. The Hall–Kier alpha value is -3.66. The summed E-state index contributed by atoms with van der Waals surface area (Å²) >= 11 is 0. The van der Waals surface area contributed by atoms with E-state index >= 15 is 0 Å². The normalized spacial score (nSPS) is 12.7. The predicted molar refractivity (Wildman–Crippen MR) is 154 cm³/mol. The molecule has 0 saturated heterocycles. The van der Waals surface area contributed by atoms with Gasteiger partial charge in [0.1, 0.15) is 11.3 Å². The molecule has 1 amide bonds. The summed E-state index contributed by atoms with van der Waals surface area (Å²) in [5.41, 5.74) is 8.62. The van der Waals surface area contributed by atoms with Gasteiger partial charge in [0, 0.05) is 28.3 Å². The summed E-state index contributed by atoms with van der Waals surface area (Å²) < 4.78 is 18.5. The first kappa shape index (κ1) is 29.3. The second kappa shape index (κ2) is 10.7. The van der Waals surface area contributed by atoms with Crippen LogP contribution in [0.3, 0.4) is 0 Å². The Morgan fingerprint density at radius 3 is 2.52 bits per heavy atom. The predicted octanol–water partition coefficient (Wildman–Crippen LogP) is 4.54. The average molecular weight is 570 g/mol. The summed E-state index contributed by atoms with van der Waals surface area (Å²) in [6.07, 6.45) is 3.12. The first-order valence-electron chi connectivity index (χ1n) is 13.1. The van der Waals surface area contributed by atoms with Gasteiger partial charge in [0.15, 0.2) is 17.3 Å². The molecule has 2 heterocycles. The highest BCUT2D eigenvalue weighted by atomic mass is 31.2. The molecule has 0 aliphatic rings. The molecule has 0 atom stereocenters. The van der Waals surface area contributed by atoms with Crippen LogP contribution in [0.15, 0.2) is 36.4 Å². The maximum absolute atomic E-state index is 11.7. The molecule has 0 spiro atoms. The van der Waals surface area contributed by atoms with Gasteiger partial charge in [-0.2, -0.15) is 0 Å². The molecule has 0 aliphatic heterocycles. The SMILES string of the molecule is CCCCc1nc2c(N)nc3cc(C(C)(C)C(C)(C)NC=O)ccc3c2n1Cc1cccc(O)c1OP(=O)(O)O. The number of para-hydroxylation sites is 1. The van der Waals surface area contributed by atoms with E-state index in [2.05, 4.69) is 17.2 Å². The third-order valence-electron chi connectivity index (χ3n) is 7.86. The van der Waals surface area contributed by atoms with E-state index in [1.165, 1.54) is 6.07 Å². The van der Waals surface area contributed by atoms with Crippen molar-refractivity contribution in [3.8, 4) is 11.5 Å². The number of amides is 1. The number of aromatic nitrogens is 3. The van der Waals surface area contributed by atoms with Crippen molar-refractivity contribution < 1.29 is 28.8 Å². The van der Waals surface area contributed by atoms with Crippen molar-refractivity contribution in [2.75, 3.05) is 5.73 Å². The number of aryl methyl sites for hydroxylation is 1. The maximum atomic E-state index is 11.7.